The number of nitrogens with one attached hydrogen (secondary N) is 1. The van der Waals surface area contributed by atoms with Gasteiger partial charge in [0.05, 0.1) is 23.0 Å². The van der Waals surface area contributed by atoms with Crippen LogP contribution in [0.4, 0.5) is 11.4 Å². The molecule has 20 heavy (non-hydrogen) atoms. The second-order valence-corrected chi connectivity index (χ2v) is 4.64. The second-order valence-electron chi connectivity index (χ2n) is 4.64. The molecule has 4 nitrogen and oxygen atoms in total. The molecular weight excluding hydrogens is 254 g/mol. The third kappa shape index (κ3) is 3.29. The fourth-order valence-corrected chi connectivity index (χ4v) is 1.85. The van der Waals surface area contributed by atoms with E-state index >= 15 is 0 Å². The Kier molecular flexibility index (Phi) is 4.25. The molecule has 0 fully saturated rings. The SMILES string of the molecule is CC(C)Oc1ccccc1Nc1ccccc1C(=O)O. The van der Waals surface area contributed by atoms with Crippen LogP contribution in [0.2, 0.25) is 0 Å². The number of benzene rings is 2. The maximum atomic E-state index is 11.2. The van der Waals surface area contributed by atoms with Crippen molar-refractivity contribution in [2.24, 2.45) is 0 Å². The molecular formula is C16H17NO3. The summed E-state index contributed by atoms with van der Waals surface area (Å²) < 4.78 is 5.71. The fourth-order valence-electron chi connectivity index (χ4n) is 1.85. The van der Waals surface area contributed by atoms with Crippen LogP contribution in [-0.2, 0) is 0 Å². The minimum absolute atomic E-state index is 0.0488. The number of anilines is 2. The van der Waals surface area contributed by atoms with Gasteiger partial charge in [0.2, 0.25) is 0 Å². The molecule has 104 valence electrons. The minimum Gasteiger partial charge on any atom is -0.489 e. The normalized spacial score (nSPS) is 10.3. The summed E-state index contributed by atoms with van der Waals surface area (Å²) in [5.41, 5.74) is 1.52. The van der Waals surface area contributed by atoms with Crippen molar-refractivity contribution in [1.82, 2.24) is 0 Å². The van der Waals surface area contributed by atoms with Gasteiger partial charge >= 0.3 is 5.97 Å². The van der Waals surface area contributed by atoms with Gasteiger partial charge in [0.25, 0.3) is 0 Å². The Morgan fingerprint density at radius 1 is 1.05 bits per heavy atom. The third-order valence-corrected chi connectivity index (χ3v) is 2.68. The van der Waals surface area contributed by atoms with Gasteiger partial charge in [0, 0.05) is 0 Å². The third-order valence-electron chi connectivity index (χ3n) is 2.68. The van der Waals surface area contributed by atoms with Gasteiger partial charge in [-0.1, -0.05) is 24.3 Å². The van der Waals surface area contributed by atoms with Crippen molar-refractivity contribution in [1.29, 1.82) is 0 Å². The van der Waals surface area contributed by atoms with E-state index in [1.165, 1.54) is 0 Å². The first-order valence-corrected chi connectivity index (χ1v) is 6.43. The quantitative estimate of drug-likeness (QED) is 0.865. The molecule has 2 N–H and O–H groups in total. The van der Waals surface area contributed by atoms with Gasteiger partial charge in [0.15, 0.2) is 0 Å². The zero-order valence-corrected chi connectivity index (χ0v) is 11.5. The first kappa shape index (κ1) is 13.9. The van der Waals surface area contributed by atoms with Crippen molar-refractivity contribution < 1.29 is 14.6 Å². The standard InChI is InChI=1S/C16H17NO3/c1-11(2)20-15-10-6-5-9-14(15)17-13-8-4-3-7-12(13)16(18)19/h3-11,17H,1-2H3,(H,18,19). The number of para-hydroxylation sites is 3. The maximum absolute atomic E-state index is 11.2. The Morgan fingerprint density at radius 2 is 1.65 bits per heavy atom. The van der Waals surface area contributed by atoms with E-state index in [0.717, 1.165) is 5.69 Å². The molecule has 0 heterocycles. The van der Waals surface area contributed by atoms with E-state index in [2.05, 4.69) is 5.32 Å². The summed E-state index contributed by atoms with van der Waals surface area (Å²) in [4.78, 5) is 11.2. The summed E-state index contributed by atoms with van der Waals surface area (Å²) in [5, 5.41) is 12.3. The van der Waals surface area contributed by atoms with Crippen LogP contribution in [0.15, 0.2) is 48.5 Å². The molecule has 2 aromatic rings. The summed E-state index contributed by atoms with van der Waals surface area (Å²) in [6.07, 6.45) is 0.0488. The van der Waals surface area contributed by atoms with Crippen LogP contribution in [0, 0.1) is 0 Å². The van der Waals surface area contributed by atoms with Crippen molar-refractivity contribution in [3.05, 3.63) is 54.1 Å². The number of hydrogen-bond acceptors (Lipinski definition) is 3. The number of carboxylic acids is 1. The largest absolute Gasteiger partial charge is 0.489 e. The number of aromatic carboxylic acids is 1. The molecule has 0 saturated heterocycles. The van der Waals surface area contributed by atoms with E-state index in [1.54, 1.807) is 24.3 Å². The fraction of sp³-hybridized carbons (Fsp3) is 0.188. The van der Waals surface area contributed by atoms with Crippen molar-refractivity contribution in [3.63, 3.8) is 0 Å². The van der Waals surface area contributed by atoms with Crippen LogP contribution in [0.5, 0.6) is 5.75 Å². The smallest absolute Gasteiger partial charge is 0.337 e. The second kappa shape index (κ2) is 6.10. The summed E-state index contributed by atoms with van der Waals surface area (Å²) in [6, 6.07) is 14.3. The zero-order valence-electron chi connectivity index (χ0n) is 11.5. The summed E-state index contributed by atoms with van der Waals surface area (Å²) in [5.74, 6) is -0.266. The Morgan fingerprint density at radius 3 is 2.30 bits per heavy atom. The molecule has 2 rings (SSSR count). The van der Waals surface area contributed by atoms with E-state index < -0.39 is 5.97 Å². The number of ether oxygens (including phenoxy) is 1. The first-order valence-electron chi connectivity index (χ1n) is 6.43. The average Bonchev–Trinajstić information content (AvgIpc) is 2.41. The molecule has 0 amide bonds. The van der Waals surface area contributed by atoms with E-state index in [0.29, 0.717) is 11.4 Å². The molecule has 0 aliphatic rings. The Labute approximate surface area is 118 Å². The monoisotopic (exact) mass is 271 g/mol. The number of hydrogen-bond donors (Lipinski definition) is 2. The molecule has 0 radical (unpaired) electrons. The lowest BCUT2D eigenvalue weighted by molar-refractivity contribution is 0.0698. The lowest BCUT2D eigenvalue weighted by atomic mass is 10.1. The van der Waals surface area contributed by atoms with Gasteiger partial charge in [-0.2, -0.15) is 0 Å². The molecule has 0 aliphatic heterocycles. The zero-order chi connectivity index (χ0) is 14.5. The minimum atomic E-state index is -0.963. The van der Waals surface area contributed by atoms with Gasteiger partial charge in [-0.15, -0.1) is 0 Å². The van der Waals surface area contributed by atoms with E-state index in [-0.39, 0.29) is 11.7 Å². The van der Waals surface area contributed by atoms with Crippen LogP contribution in [0.25, 0.3) is 0 Å². The van der Waals surface area contributed by atoms with Gasteiger partial charge in [-0.3, -0.25) is 0 Å². The first-order chi connectivity index (χ1) is 9.58. The molecule has 0 unspecified atom stereocenters. The Hall–Kier alpha value is -2.49. The van der Waals surface area contributed by atoms with E-state index in [1.807, 2.05) is 38.1 Å². The van der Waals surface area contributed by atoms with Crippen LogP contribution in [-0.4, -0.2) is 17.2 Å². The molecule has 4 heteroatoms. The predicted molar refractivity (Wildman–Crippen MR) is 78.9 cm³/mol. The van der Waals surface area contributed by atoms with Gasteiger partial charge in [-0.05, 0) is 38.1 Å². The number of carboxylic acid groups (broad SMARTS) is 1. The van der Waals surface area contributed by atoms with Gasteiger partial charge in [-0.25, -0.2) is 4.79 Å². The summed E-state index contributed by atoms with van der Waals surface area (Å²) >= 11 is 0. The maximum Gasteiger partial charge on any atom is 0.337 e. The summed E-state index contributed by atoms with van der Waals surface area (Å²) in [7, 11) is 0. The van der Waals surface area contributed by atoms with Gasteiger partial charge in [0.1, 0.15) is 5.75 Å². The van der Waals surface area contributed by atoms with Crippen molar-refractivity contribution in [2.75, 3.05) is 5.32 Å². The topological polar surface area (TPSA) is 58.6 Å². The lowest BCUT2D eigenvalue weighted by Crippen LogP contribution is -2.08. The molecule has 0 spiro atoms. The highest BCUT2D eigenvalue weighted by Crippen LogP contribution is 2.29. The highest BCUT2D eigenvalue weighted by molar-refractivity contribution is 5.95. The van der Waals surface area contributed by atoms with Crippen molar-refractivity contribution >= 4 is 17.3 Å². The summed E-state index contributed by atoms with van der Waals surface area (Å²) in [6.45, 7) is 3.89. The van der Waals surface area contributed by atoms with Crippen LogP contribution < -0.4 is 10.1 Å². The van der Waals surface area contributed by atoms with Crippen LogP contribution in [0.1, 0.15) is 24.2 Å². The number of rotatable bonds is 5. The number of carbonyl (C=O) groups is 1. The Balaban J connectivity index is 2.33. The lowest BCUT2D eigenvalue weighted by Gasteiger charge is -2.16. The molecule has 0 atom stereocenters. The molecule has 0 bridgehead atoms. The van der Waals surface area contributed by atoms with Crippen molar-refractivity contribution in [2.45, 2.75) is 20.0 Å². The predicted octanol–water partition coefficient (Wildman–Crippen LogP) is 3.92. The van der Waals surface area contributed by atoms with Gasteiger partial charge < -0.3 is 15.2 Å². The van der Waals surface area contributed by atoms with Crippen LogP contribution in [0.3, 0.4) is 0 Å². The van der Waals surface area contributed by atoms with Crippen molar-refractivity contribution in [3.8, 4) is 5.75 Å². The molecule has 0 saturated carbocycles. The van der Waals surface area contributed by atoms with Crippen LogP contribution >= 0.6 is 0 Å². The molecule has 0 aromatic heterocycles. The highest BCUT2D eigenvalue weighted by Gasteiger charge is 2.11. The molecule has 0 aliphatic carbocycles. The van der Waals surface area contributed by atoms with E-state index in [4.69, 9.17) is 4.74 Å². The average molecular weight is 271 g/mol. The molecule has 2 aromatic carbocycles. The van der Waals surface area contributed by atoms with E-state index in [9.17, 15) is 9.90 Å². The highest BCUT2D eigenvalue weighted by atomic mass is 16.5. The Bertz CT molecular complexity index is 608.